The highest BCUT2D eigenvalue weighted by molar-refractivity contribution is 6.34. The van der Waals surface area contributed by atoms with E-state index < -0.39 is 10.8 Å². The van der Waals surface area contributed by atoms with Crippen LogP contribution in [0.15, 0.2) is 47.0 Å². The summed E-state index contributed by atoms with van der Waals surface area (Å²) in [6.07, 6.45) is 0. The molecule has 0 aliphatic rings. The third kappa shape index (κ3) is 4.59. The van der Waals surface area contributed by atoms with Crippen LogP contribution in [0.3, 0.4) is 0 Å². The number of benzene rings is 2. The number of aromatic nitrogens is 2. The highest BCUT2D eigenvalue weighted by Gasteiger charge is 2.16. The van der Waals surface area contributed by atoms with Crippen molar-refractivity contribution < 1.29 is 19.0 Å². The second-order valence-electron chi connectivity index (χ2n) is 5.42. The number of non-ortho nitro benzene ring substituents is 1. The van der Waals surface area contributed by atoms with Crippen molar-refractivity contribution in [3.63, 3.8) is 0 Å². The second-order valence-corrected chi connectivity index (χ2v) is 5.83. The SMILES string of the molecule is Cc1nc(COc2ccc(NC(=O)c3cc([N+](=O)[O-])ccc3Cl)cc2)no1. The molecule has 10 heteroatoms. The molecule has 1 N–H and O–H groups in total. The highest BCUT2D eigenvalue weighted by atomic mass is 35.5. The van der Waals surface area contributed by atoms with Gasteiger partial charge in [0, 0.05) is 24.7 Å². The lowest BCUT2D eigenvalue weighted by Crippen LogP contribution is -2.12. The maximum atomic E-state index is 12.3. The van der Waals surface area contributed by atoms with Gasteiger partial charge in [0.1, 0.15) is 5.75 Å². The maximum absolute atomic E-state index is 12.3. The van der Waals surface area contributed by atoms with E-state index in [9.17, 15) is 14.9 Å². The minimum absolute atomic E-state index is 0.0127. The molecule has 0 radical (unpaired) electrons. The Kier molecular flexibility index (Phi) is 5.32. The number of nitrogens with zero attached hydrogens (tertiary/aromatic N) is 3. The molecule has 0 bridgehead atoms. The molecule has 1 aromatic heterocycles. The summed E-state index contributed by atoms with van der Waals surface area (Å²) >= 11 is 5.97. The third-order valence-electron chi connectivity index (χ3n) is 3.46. The largest absolute Gasteiger partial charge is 0.485 e. The first-order valence-corrected chi connectivity index (χ1v) is 8.07. The van der Waals surface area contributed by atoms with Gasteiger partial charge in [0.25, 0.3) is 11.6 Å². The van der Waals surface area contributed by atoms with Crippen LogP contribution in [-0.4, -0.2) is 21.0 Å². The molecule has 0 atom stereocenters. The zero-order chi connectivity index (χ0) is 19.4. The number of nitrogens with one attached hydrogen (secondary N) is 1. The Bertz CT molecular complexity index is 987. The van der Waals surface area contributed by atoms with Crippen LogP contribution in [0, 0.1) is 17.0 Å². The summed E-state index contributed by atoms with van der Waals surface area (Å²) in [4.78, 5) is 26.6. The van der Waals surface area contributed by atoms with Gasteiger partial charge in [-0.1, -0.05) is 16.8 Å². The van der Waals surface area contributed by atoms with Crippen LogP contribution in [-0.2, 0) is 6.61 Å². The predicted molar refractivity (Wildman–Crippen MR) is 95.9 cm³/mol. The molecule has 0 aliphatic carbocycles. The van der Waals surface area contributed by atoms with Crippen molar-refractivity contribution >= 4 is 28.9 Å². The van der Waals surface area contributed by atoms with Crippen LogP contribution in [0.4, 0.5) is 11.4 Å². The van der Waals surface area contributed by atoms with Gasteiger partial charge in [-0.15, -0.1) is 0 Å². The molecule has 0 fully saturated rings. The number of rotatable bonds is 6. The summed E-state index contributed by atoms with van der Waals surface area (Å²) in [5.74, 6) is 0.861. The Balaban J connectivity index is 1.65. The second kappa shape index (κ2) is 7.83. The Morgan fingerprint density at radius 3 is 2.67 bits per heavy atom. The fourth-order valence-corrected chi connectivity index (χ4v) is 2.38. The number of hydrogen-bond donors (Lipinski definition) is 1. The van der Waals surface area contributed by atoms with E-state index >= 15 is 0 Å². The topological polar surface area (TPSA) is 120 Å². The Morgan fingerprint density at radius 1 is 1.30 bits per heavy atom. The molecule has 138 valence electrons. The van der Waals surface area contributed by atoms with Crippen molar-refractivity contribution in [2.75, 3.05) is 5.32 Å². The van der Waals surface area contributed by atoms with Gasteiger partial charge < -0.3 is 14.6 Å². The molecular formula is C17H13ClN4O5. The number of hydrogen-bond acceptors (Lipinski definition) is 7. The van der Waals surface area contributed by atoms with Gasteiger partial charge in [0.2, 0.25) is 11.7 Å². The fraction of sp³-hybridized carbons (Fsp3) is 0.118. The fourth-order valence-electron chi connectivity index (χ4n) is 2.18. The van der Waals surface area contributed by atoms with E-state index in [1.54, 1.807) is 31.2 Å². The van der Waals surface area contributed by atoms with Crippen LogP contribution < -0.4 is 10.1 Å². The van der Waals surface area contributed by atoms with E-state index in [1.807, 2.05) is 0 Å². The first kappa shape index (κ1) is 18.3. The summed E-state index contributed by atoms with van der Waals surface area (Å²) < 4.78 is 10.4. The van der Waals surface area contributed by atoms with Crippen molar-refractivity contribution in [1.29, 1.82) is 0 Å². The molecule has 27 heavy (non-hydrogen) atoms. The number of halogens is 1. The van der Waals surface area contributed by atoms with Crippen molar-refractivity contribution in [3.05, 3.63) is 74.9 Å². The third-order valence-corrected chi connectivity index (χ3v) is 3.78. The van der Waals surface area contributed by atoms with E-state index in [-0.39, 0.29) is 22.9 Å². The van der Waals surface area contributed by atoms with Gasteiger partial charge in [0.15, 0.2) is 6.61 Å². The normalized spacial score (nSPS) is 10.4. The Hall–Kier alpha value is -3.46. The summed E-state index contributed by atoms with van der Waals surface area (Å²) in [7, 11) is 0. The van der Waals surface area contributed by atoms with E-state index in [1.165, 1.54) is 12.1 Å². The lowest BCUT2D eigenvalue weighted by molar-refractivity contribution is -0.384. The van der Waals surface area contributed by atoms with Crippen LogP contribution in [0.1, 0.15) is 22.1 Å². The Labute approximate surface area is 158 Å². The van der Waals surface area contributed by atoms with Crippen molar-refractivity contribution in [2.45, 2.75) is 13.5 Å². The van der Waals surface area contributed by atoms with Gasteiger partial charge in [0.05, 0.1) is 15.5 Å². The minimum atomic E-state index is -0.593. The van der Waals surface area contributed by atoms with E-state index in [4.69, 9.17) is 20.9 Å². The number of aryl methyl sites for hydroxylation is 1. The van der Waals surface area contributed by atoms with Crippen molar-refractivity contribution in [1.82, 2.24) is 10.1 Å². The van der Waals surface area contributed by atoms with Crippen LogP contribution >= 0.6 is 11.6 Å². The van der Waals surface area contributed by atoms with E-state index in [0.717, 1.165) is 6.07 Å². The molecule has 0 saturated carbocycles. The van der Waals surface area contributed by atoms with Crippen molar-refractivity contribution in [2.24, 2.45) is 0 Å². The lowest BCUT2D eigenvalue weighted by atomic mass is 10.2. The first-order valence-electron chi connectivity index (χ1n) is 7.70. The van der Waals surface area contributed by atoms with E-state index in [2.05, 4.69) is 15.5 Å². The smallest absolute Gasteiger partial charge is 0.270 e. The lowest BCUT2D eigenvalue weighted by Gasteiger charge is -2.08. The van der Waals surface area contributed by atoms with Gasteiger partial charge in [-0.2, -0.15) is 4.98 Å². The number of nitro benzene ring substituents is 1. The quantitative estimate of drug-likeness (QED) is 0.504. The van der Waals surface area contributed by atoms with E-state index in [0.29, 0.717) is 23.2 Å². The molecular weight excluding hydrogens is 376 g/mol. The van der Waals surface area contributed by atoms with Crippen LogP contribution in [0.5, 0.6) is 5.75 Å². The Morgan fingerprint density at radius 2 is 2.04 bits per heavy atom. The zero-order valence-corrected chi connectivity index (χ0v) is 14.8. The molecule has 2 aromatic carbocycles. The molecule has 0 saturated heterocycles. The summed E-state index contributed by atoms with van der Waals surface area (Å²) in [5.41, 5.74) is 0.272. The first-order chi connectivity index (χ1) is 12.9. The average molecular weight is 389 g/mol. The molecule has 1 amide bonds. The molecule has 3 rings (SSSR count). The molecule has 9 nitrogen and oxygen atoms in total. The molecule has 0 aliphatic heterocycles. The monoisotopic (exact) mass is 388 g/mol. The average Bonchev–Trinajstić information content (AvgIpc) is 3.06. The van der Waals surface area contributed by atoms with Crippen molar-refractivity contribution in [3.8, 4) is 5.75 Å². The minimum Gasteiger partial charge on any atom is -0.485 e. The van der Waals surface area contributed by atoms with Crippen LogP contribution in [0.25, 0.3) is 0 Å². The zero-order valence-electron chi connectivity index (χ0n) is 14.0. The number of carbonyl (C=O) groups excluding carboxylic acids is 1. The molecule has 0 unspecified atom stereocenters. The van der Waals surface area contributed by atoms with Gasteiger partial charge in [-0.25, -0.2) is 0 Å². The van der Waals surface area contributed by atoms with Gasteiger partial charge >= 0.3 is 0 Å². The summed E-state index contributed by atoms with van der Waals surface area (Å²) in [6, 6.07) is 10.2. The van der Waals surface area contributed by atoms with Crippen LogP contribution in [0.2, 0.25) is 5.02 Å². The summed E-state index contributed by atoms with van der Waals surface area (Å²) in [5, 5.41) is 17.3. The number of ether oxygens (including phenoxy) is 1. The standard InChI is InChI=1S/C17H13ClN4O5/c1-10-19-16(21-27-10)9-26-13-5-2-11(3-6-13)20-17(23)14-8-12(22(24)25)4-7-15(14)18/h2-8H,9H2,1H3,(H,20,23). The number of carbonyl (C=O) groups is 1. The predicted octanol–water partition coefficient (Wildman–Crippen LogP) is 3.77. The number of anilines is 1. The molecule has 3 aromatic rings. The maximum Gasteiger partial charge on any atom is 0.270 e. The number of amides is 1. The van der Waals surface area contributed by atoms with Gasteiger partial charge in [-0.05, 0) is 30.3 Å². The summed E-state index contributed by atoms with van der Waals surface area (Å²) in [6.45, 7) is 1.83. The number of nitro groups is 1. The van der Waals surface area contributed by atoms with Gasteiger partial charge in [-0.3, -0.25) is 14.9 Å². The molecule has 1 heterocycles. The highest BCUT2D eigenvalue weighted by Crippen LogP contribution is 2.24. The molecule has 0 spiro atoms.